The molecule has 0 saturated carbocycles. The zero-order valence-corrected chi connectivity index (χ0v) is 34.8. The van der Waals surface area contributed by atoms with Gasteiger partial charge in [-0.3, -0.25) is 0 Å². The summed E-state index contributed by atoms with van der Waals surface area (Å²) in [6.45, 7) is 14.9. The molecule has 1 aliphatic carbocycles. The van der Waals surface area contributed by atoms with Gasteiger partial charge in [0.15, 0.2) is 0 Å². The van der Waals surface area contributed by atoms with Crippen LogP contribution in [0.15, 0.2) is 182 Å². The van der Waals surface area contributed by atoms with Gasteiger partial charge in [0.2, 0.25) is 0 Å². The summed E-state index contributed by atoms with van der Waals surface area (Å²) >= 11 is 0. The van der Waals surface area contributed by atoms with Crippen molar-refractivity contribution in [2.24, 2.45) is 10.8 Å². The summed E-state index contributed by atoms with van der Waals surface area (Å²) in [5.41, 5.74) is 12.8. The third-order valence-electron chi connectivity index (χ3n) is 13.7. The van der Waals surface area contributed by atoms with E-state index in [9.17, 15) is 0 Å². The lowest BCUT2D eigenvalue weighted by molar-refractivity contribution is 0.0977. The lowest BCUT2D eigenvalue weighted by atomic mass is 9.49. The van der Waals surface area contributed by atoms with Gasteiger partial charge in [-0.05, 0) is 126 Å². The molecule has 0 atom stereocenters. The first-order valence-electron chi connectivity index (χ1n) is 21.2. The van der Waals surface area contributed by atoms with E-state index in [4.69, 9.17) is 0 Å². The van der Waals surface area contributed by atoms with Crippen LogP contribution in [0, 0.1) is 10.8 Å². The Morgan fingerprint density at radius 3 is 1.32 bits per heavy atom. The van der Waals surface area contributed by atoms with Crippen molar-refractivity contribution in [3.8, 4) is 44.5 Å². The highest BCUT2D eigenvalue weighted by molar-refractivity contribution is 6.23. The summed E-state index contributed by atoms with van der Waals surface area (Å²) in [5.74, 6) is 0. The van der Waals surface area contributed by atoms with Crippen LogP contribution in [-0.4, -0.2) is 0 Å². The van der Waals surface area contributed by atoms with Gasteiger partial charge in [0.1, 0.15) is 0 Å². The fourth-order valence-electron chi connectivity index (χ4n) is 12.0. The van der Waals surface area contributed by atoms with Crippen molar-refractivity contribution in [3.05, 3.63) is 193 Å². The molecule has 0 N–H and O–H groups in total. The Kier molecular flexibility index (Phi) is 7.70. The molecule has 0 aromatic heterocycles. The summed E-state index contributed by atoms with van der Waals surface area (Å²) in [7, 11) is 0. The van der Waals surface area contributed by atoms with Crippen LogP contribution in [0.4, 0.5) is 0 Å². The molecule has 0 amide bonds. The van der Waals surface area contributed by atoms with Crippen LogP contribution >= 0.6 is 0 Å². The molecule has 0 nitrogen and oxygen atoms in total. The molecule has 0 unspecified atom stereocenters. The van der Waals surface area contributed by atoms with Gasteiger partial charge in [0.05, 0.1) is 0 Å². The molecular formula is C59H48. The van der Waals surface area contributed by atoms with Crippen molar-refractivity contribution in [2.45, 2.75) is 47.0 Å². The molecule has 0 heterocycles. The highest BCUT2D eigenvalue weighted by atomic mass is 14.6. The van der Waals surface area contributed by atoms with Crippen molar-refractivity contribution in [2.75, 3.05) is 0 Å². The van der Waals surface area contributed by atoms with Crippen molar-refractivity contribution >= 4 is 53.9 Å². The van der Waals surface area contributed by atoms with Crippen LogP contribution in [0.5, 0.6) is 0 Å². The molecule has 0 spiro atoms. The molecule has 284 valence electrons. The molecule has 0 heteroatoms. The summed E-state index contributed by atoms with van der Waals surface area (Å²) in [6.07, 6.45) is 0. The van der Waals surface area contributed by atoms with Gasteiger partial charge < -0.3 is 0 Å². The van der Waals surface area contributed by atoms with E-state index in [1.165, 1.54) is 109 Å². The Morgan fingerprint density at radius 1 is 0.288 bits per heavy atom. The largest absolute Gasteiger partial charge is 0.0622 e. The number of rotatable bonds is 3. The maximum atomic E-state index is 2.48. The lowest BCUT2D eigenvalue weighted by Gasteiger charge is -2.54. The second kappa shape index (κ2) is 12.7. The molecule has 10 aromatic carbocycles. The van der Waals surface area contributed by atoms with E-state index in [2.05, 4.69) is 224 Å². The van der Waals surface area contributed by atoms with Crippen LogP contribution in [0.3, 0.4) is 0 Å². The molecule has 0 fully saturated rings. The van der Waals surface area contributed by atoms with Crippen molar-refractivity contribution < 1.29 is 0 Å². The maximum absolute atomic E-state index is 2.48. The zero-order valence-electron chi connectivity index (χ0n) is 34.8. The third kappa shape index (κ3) is 4.90. The van der Waals surface area contributed by atoms with Crippen LogP contribution in [0.25, 0.3) is 98.4 Å². The Labute approximate surface area is 347 Å². The van der Waals surface area contributed by atoms with E-state index in [1.807, 2.05) is 0 Å². The SMILES string of the molecule is CC(C)(C)C1(C(C)(C)C)c2c(ccc3cc(-c4c5ccccc5c(-c5ccccc5-c5ccccc5)c5ccccc45)ccc23)-c2c1c1ccccc1c1ccccc21. The molecular weight excluding hydrogens is 709 g/mol. The van der Waals surface area contributed by atoms with Gasteiger partial charge >= 0.3 is 0 Å². The predicted molar refractivity (Wildman–Crippen MR) is 255 cm³/mol. The van der Waals surface area contributed by atoms with Crippen molar-refractivity contribution in [1.82, 2.24) is 0 Å². The first-order chi connectivity index (χ1) is 28.6. The van der Waals surface area contributed by atoms with E-state index in [-0.39, 0.29) is 16.2 Å². The highest BCUT2D eigenvalue weighted by Gasteiger charge is 2.59. The minimum absolute atomic E-state index is 0.109. The van der Waals surface area contributed by atoms with Crippen LogP contribution in [0.1, 0.15) is 52.7 Å². The fourth-order valence-corrected chi connectivity index (χ4v) is 12.0. The average Bonchev–Trinajstić information content (AvgIpc) is 3.60. The molecule has 10 aromatic rings. The number of hydrogen-bond acceptors (Lipinski definition) is 0. The summed E-state index contributed by atoms with van der Waals surface area (Å²) in [5, 5.41) is 13.1. The maximum Gasteiger partial charge on any atom is 0.0324 e. The van der Waals surface area contributed by atoms with E-state index >= 15 is 0 Å². The summed E-state index contributed by atoms with van der Waals surface area (Å²) < 4.78 is 0. The lowest BCUT2D eigenvalue weighted by Crippen LogP contribution is -2.50. The van der Waals surface area contributed by atoms with Gasteiger partial charge in [-0.2, -0.15) is 0 Å². The predicted octanol–water partition coefficient (Wildman–Crippen LogP) is 16.8. The van der Waals surface area contributed by atoms with Gasteiger partial charge in [-0.1, -0.05) is 217 Å². The Morgan fingerprint density at radius 2 is 0.746 bits per heavy atom. The normalized spacial score (nSPS) is 13.7. The number of benzene rings is 10. The third-order valence-corrected chi connectivity index (χ3v) is 13.7. The standard InChI is InChI=1S/C59H48/c1-57(2,3)59(58(4,5)6)55-41-34-33-39(36-38(41)32-35-51(55)54-45-26-14-11-23-42(45)43-24-12-19-31-50(43)56(54)59)52-46-27-15-17-29-48(46)53(49-30-18-16-28-47(49)52)44-25-13-10-22-40(44)37-20-8-7-9-21-37/h7-36H,1-6H3. The summed E-state index contributed by atoms with van der Waals surface area (Å²) in [4.78, 5) is 0. The Hall–Kier alpha value is -6.50. The monoisotopic (exact) mass is 756 g/mol. The average molecular weight is 757 g/mol. The molecule has 0 aliphatic heterocycles. The molecule has 0 bridgehead atoms. The number of hydrogen-bond donors (Lipinski definition) is 0. The minimum atomic E-state index is -0.289. The van der Waals surface area contributed by atoms with Crippen LogP contribution < -0.4 is 0 Å². The second-order valence-electron chi connectivity index (χ2n) is 18.8. The smallest absolute Gasteiger partial charge is 0.0324 e. The van der Waals surface area contributed by atoms with E-state index in [1.54, 1.807) is 0 Å². The molecule has 11 rings (SSSR count). The zero-order chi connectivity index (χ0) is 40.3. The first kappa shape index (κ1) is 35.6. The van der Waals surface area contributed by atoms with E-state index in [0.29, 0.717) is 0 Å². The van der Waals surface area contributed by atoms with E-state index < -0.39 is 0 Å². The van der Waals surface area contributed by atoms with Crippen LogP contribution in [-0.2, 0) is 5.41 Å². The molecule has 1 aliphatic rings. The number of fused-ring (bicyclic) bond motifs is 12. The molecule has 59 heavy (non-hydrogen) atoms. The van der Waals surface area contributed by atoms with Gasteiger partial charge in [0, 0.05) is 5.41 Å². The highest BCUT2D eigenvalue weighted by Crippen LogP contribution is 2.68. The van der Waals surface area contributed by atoms with Crippen molar-refractivity contribution in [1.29, 1.82) is 0 Å². The second-order valence-corrected chi connectivity index (χ2v) is 18.8. The summed E-state index contributed by atoms with van der Waals surface area (Å²) in [6, 6.07) is 68.3. The topological polar surface area (TPSA) is 0 Å². The Balaban J connectivity index is 1.22. The Bertz CT molecular complexity index is 3260. The minimum Gasteiger partial charge on any atom is -0.0622 e. The van der Waals surface area contributed by atoms with Gasteiger partial charge in [0.25, 0.3) is 0 Å². The van der Waals surface area contributed by atoms with E-state index in [0.717, 1.165) is 0 Å². The van der Waals surface area contributed by atoms with Crippen molar-refractivity contribution in [3.63, 3.8) is 0 Å². The van der Waals surface area contributed by atoms with Gasteiger partial charge in [-0.25, -0.2) is 0 Å². The van der Waals surface area contributed by atoms with Crippen LogP contribution in [0.2, 0.25) is 0 Å². The van der Waals surface area contributed by atoms with Gasteiger partial charge in [-0.15, -0.1) is 0 Å². The first-order valence-corrected chi connectivity index (χ1v) is 21.2. The molecule has 0 radical (unpaired) electrons. The quantitative estimate of drug-likeness (QED) is 0.124. The molecule has 0 saturated heterocycles. The fraction of sp³-hybridized carbons (Fsp3) is 0.153.